The van der Waals surface area contributed by atoms with Gasteiger partial charge < -0.3 is 15.4 Å². The van der Waals surface area contributed by atoms with Gasteiger partial charge in [-0.1, -0.05) is 37.3 Å². The van der Waals surface area contributed by atoms with E-state index in [0.717, 1.165) is 7.11 Å². The van der Waals surface area contributed by atoms with Crippen molar-refractivity contribution in [2.45, 2.75) is 18.9 Å². The summed E-state index contributed by atoms with van der Waals surface area (Å²) in [5.41, 5.74) is -1.52. The molecular formula is C17H17N3O4S. The van der Waals surface area contributed by atoms with Crippen molar-refractivity contribution < 1.29 is 19.1 Å². The number of nitrogens with one attached hydrogen (secondary N) is 2. The molecule has 1 aromatic rings. The molecule has 2 rings (SSSR count). The van der Waals surface area contributed by atoms with Gasteiger partial charge in [0.15, 0.2) is 22.4 Å². The van der Waals surface area contributed by atoms with Crippen molar-refractivity contribution in [2.24, 2.45) is 11.8 Å². The number of rotatable bonds is 5. The van der Waals surface area contributed by atoms with Crippen molar-refractivity contribution in [3.05, 3.63) is 35.9 Å². The molecule has 1 fully saturated rings. The molecule has 7 nitrogen and oxygen atoms in total. The Balaban J connectivity index is 2.63. The number of esters is 1. The Bertz CT molecular complexity index is 759. The van der Waals surface area contributed by atoms with E-state index >= 15 is 0 Å². The van der Waals surface area contributed by atoms with E-state index in [1.54, 1.807) is 37.3 Å². The van der Waals surface area contributed by atoms with Crippen molar-refractivity contribution in [2.75, 3.05) is 7.11 Å². The number of hydrogen-bond acceptors (Lipinski definition) is 6. The Labute approximate surface area is 150 Å². The van der Waals surface area contributed by atoms with Gasteiger partial charge in [-0.3, -0.25) is 9.59 Å². The minimum atomic E-state index is -1.88. The molecule has 0 aromatic heterocycles. The molecule has 1 saturated heterocycles. The summed E-state index contributed by atoms with van der Waals surface area (Å²) in [6, 6.07) is 10.2. The van der Waals surface area contributed by atoms with E-state index < -0.39 is 29.3 Å². The van der Waals surface area contributed by atoms with Gasteiger partial charge in [0.2, 0.25) is 5.91 Å². The van der Waals surface area contributed by atoms with E-state index in [-0.39, 0.29) is 17.3 Å². The molecule has 2 N–H and O–H groups in total. The van der Waals surface area contributed by atoms with Gasteiger partial charge >= 0.3 is 5.97 Å². The zero-order valence-electron chi connectivity index (χ0n) is 13.7. The van der Waals surface area contributed by atoms with Gasteiger partial charge in [-0.05, 0) is 18.6 Å². The molecule has 1 aromatic carbocycles. The fourth-order valence-electron chi connectivity index (χ4n) is 3.13. The predicted molar refractivity (Wildman–Crippen MR) is 92.3 cm³/mol. The summed E-state index contributed by atoms with van der Waals surface area (Å²) in [4.78, 5) is 38.0. The molecule has 0 bridgehead atoms. The number of amides is 1. The first kappa shape index (κ1) is 18.5. The summed E-state index contributed by atoms with van der Waals surface area (Å²) in [6.07, 6.45) is 0.198. The van der Waals surface area contributed by atoms with Crippen LogP contribution in [0.25, 0.3) is 0 Å². The van der Waals surface area contributed by atoms with Crippen LogP contribution in [0.2, 0.25) is 0 Å². The van der Waals surface area contributed by atoms with Crippen LogP contribution in [0.15, 0.2) is 30.3 Å². The minimum absolute atomic E-state index is 0.124. The number of hydrogen-bond donors (Lipinski definition) is 2. The number of ether oxygens (including phenoxy) is 1. The number of carbonyl (C=O) groups excluding carboxylic acids is 3. The lowest BCUT2D eigenvalue weighted by Gasteiger charge is -2.43. The standard InChI is InChI=1S/C17H17N3O4S/c1-3-11(13(21)10-7-5-4-6-8-10)17(15(23)24-2)12(9-18)14(22)19-16(25)20-17/h4-8,11-12H,3H2,1-2H3,(H2,19,20,22,25). The molecule has 1 aliphatic heterocycles. The third-order valence-electron chi connectivity index (χ3n) is 4.26. The molecule has 0 aliphatic carbocycles. The van der Waals surface area contributed by atoms with Crippen molar-refractivity contribution in [3.63, 3.8) is 0 Å². The molecule has 3 atom stereocenters. The van der Waals surface area contributed by atoms with Gasteiger partial charge in [-0.25, -0.2) is 4.79 Å². The Morgan fingerprint density at radius 3 is 2.56 bits per heavy atom. The molecule has 130 valence electrons. The number of carbonyl (C=O) groups is 3. The maximum Gasteiger partial charge on any atom is 0.334 e. The average Bonchev–Trinajstić information content (AvgIpc) is 2.61. The van der Waals surface area contributed by atoms with Gasteiger partial charge in [-0.15, -0.1) is 0 Å². The molecular weight excluding hydrogens is 342 g/mol. The number of methoxy groups -OCH3 is 1. The lowest BCUT2D eigenvalue weighted by atomic mass is 9.68. The Kier molecular flexibility index (Phi) is 5.49. The van der Waals surface area contributed by atoms with E-state index in [1.165, 1.54) is 0 Å². The number of thiocarbonyl (C=S) groups is 1. The SMILES string of the molecule is CCC(C(=O)c1ccccc1)C1(C(=O)OC)NC(=S)NC(=O)C1C#N. The van der Waals surface area contributed by atoms with Crippen LogP contribution in [-0.2, 0) is 14.3 Å². The first-order chi connectivity index (χ1) is 11.9. The van der Waals surface area contributed by atoms with E-state index in [9.17, 15) is 19.6 Å². The van der Waals surface area contributed by atoms with Gasteiger partial charge in [0.05, 0.1) is 19.1 Å². The molecule has 3 unspecified atom stereocenters. The largest absolute Gasteiger partial charge is 0.467 e. The normalized spacial score (nSPS) is 23.6. The summed E-state index contributed by atoms with van der Waals surface area (Å²) < 4.78 is 4.85. The van der Waals surface area contributed by atoms with Crippen LogP contribution in [-0.4, -0.2) is 35.4 Å². The monoisotopic (exact) mass is 359 g/mol. The van der Waals surface area contributed by atoms with Gasteiger partial charge in [0.1, 0.15) is 0 Å². The molecule has 0 spiro atoms. The highest BCUT2D eigenvalue weighted by atomic mass is 32.1. The maximum atomic E-state index is 13.0. The van der Waals surface area contributed by atoms with E-state index in [2.05, 4.69) is 10.6 Å². The maximum absolute atomic E-state index is 13.0. The Hall–Kier alpha value is -2.79. The lowest BCUT2D eigenvalue weighted by molar-refractivity contribution is -0.155. The van der Waals surface area contributed by atoms with Crippen LogP contribution in [0, 0.1) is 23.2 Å². The van der Waals surface area contributed by atoms with Crippen LogP contribution in [0.4, 0.5) is 0 Å². The Morgan fingerprint density at radius 1 is 1.40 bits per heavy atom. The molecule has 8 heteroatoms. The molecule has 1 amide bonds. The fourth-order valence-corrected chi connectivity index (χ4v) is 3.40. The average molecular weight is 359 g/mol. The summed E-state index contributed by atoms with van der Waals surface area (Å²) >= 11 is 5.00. The Morgan fingerprint density at radius 2 is 2.04 bits per heavy atom. The quantitative estimate of drug-likeness (QED) is 0.458. The van der Waals surface area contributed by atoms with Gasteiger partial charge in [-0.2, -0.15) is 5.26 Å². The number of benzene rings is 1. The zero-order chi connectivity index (χ0) is 18.6. The summed E-state index contributed by atoms with van der Waals surface area (Å²) in [5.74, 6) is -4.48. The number of Topliss-reactive ketones (excluding diaryl/α,β-unsaturated/α-hetero) is 1. The van der Waals surface area contributed by atoms with Crippen LogP contribution in [0.5, 0.6) is 0 Å². The van der Waals surface area contributed by atoms with Crippen LogP contribution < -0.4 is 10.6 Å². The highest BCUT2D eigenvalue weighted by molar-refractivity contribution is 7.80. The van der Waals surface area contributed by atoms with Crippen molar-refractivity contribution in [1.29, 1.82) is 5.26 Å². The highest BCUT2D eigenvalue weighted by Gasteiger charge is 2.60. The first-order valence-electron chi connectivity index (χ1n) is 7.62. The number of ketones is 1. The molecule has 0 radical (unpaired) electrons. The van der Waals surface area contributed by atoms with Gasteiger partial charge in [0.25, 0.3) is 0 Å². The number of nitrogens with zero attached hydrogens (tertiary/aromatic N) is 1. The highest BCUT2D eigenvalue weighted by Crippen LogP contribution is 2.35. The summed E-state index contributed by atoms with van der Waals surface area (Å²) in [7, 11) is 1.13. The van der Waals surface area contributed by atoms with Crippen molar-refractivity contribution in [3.8, 4) is 6.07 Å². The second kappa shape index (κ2) is 7.40. The van der Waals surface area contributed by atoms with E-state index in [0.29, 0.717) is 5.56 Å². The number of nitriles is 1. The lowest BCUT2D eigenvalue weighted by Crippen LogP contribution is -2.73. The second-order valence-electron chi connectivity index (χ2n) is 5.56. The van der Waals surface area contributed by atoms with Crippen molar-refractivity contribution in [1.82, 2.24) is 10.6 Å². The third kappa shape index (κ3) is 3.10. The van der Waals surface area contributed by atoms with Crippen LogP contribution >= 0.6 is 12.2 Å². The smallest absolute Gasteiger partial charge is 0.334 e. The predicted octanol–water partition coefficient (Wildman–Crippen LogP) is 0.951. The van der Waals surface area contributed by atoms with E-state index in [1.807, 2.05) is 6.07 Å². The minimum Gasteiger partial charge on any atom is -0.467 e. The zero-order valence-corrected chi connectivity index (χ0v) is 14.6. The molecule has 0 saturated carbocycles. The molecule has 1 aliphatic rings. The first-order valence-corrected chi connectivity index (χ1v) is 8.03. The van der Waals surface area contributed by atoms with Gasteiger partial charge in [0, 0.05) is 5.56 Å². The molecule has 25 heavy (non-hydrogen) atoms. The summed E-state index contributed by atoms with van der Waals surface area (Å²) in [5, 5.41) is 14.4. The van der Waals surface area contributed by atoms with Crippen molar-refractivity contribution >= 4 is 35.0 Å². The third-order valence-corrected chi connectivity index (χ3v) is 4.46. The molecule has 1 heterocycles. The van der Waals surface area contributed by atoms with E-state index in [4.69, 9.17) is 17.0 Å². The fraction of sp³-hybridized carbons (Fsp3) is 0.353. The topological polar surface area (TPSA) is 108 Å². The van der Waals surface area contributed by atoms with Crippen LogP contribution in [0.1, 0.15) is 23.7 Å². The second-order valence-corrected chi connectivity index (χ2v) is 5.97. The van der Waals surface area contributed by atoms with Crippen LogP contribution in [0.3, 0.4) is 0 Å². The summed E-state index contributed by atoms with van der Waals surface area (Å²) in [6.45, 7) is 1.70.